The van der Waals surface area contributed by atoms with Crippen LogP contribution in [0.3, 0.4) is 0 Å². The topological polar surface area (TPSA) is 45.2 Å². The monoisotopic (exact) mass is 497 g/mol. The molecule has 0 saturated carbocycles. The fraction of sp³-hybridized carbons (Fsp3) is 0.586. The zero-order valence-corrected chi connectivity index (χ0v) is 21.7. The second-order valence-corrected chi connectivity index (χ2v) is 11.1. The van der Waals surface area contributed by atoms with Gasteiger partial charge < -0.3 is 10.2 Å². The largest absolute Gasteiger partial charge is 0.339 e. The molecule has 4 atom stereocenters. The van der Waals surface area contributed by atoms with Crippen molar-refractivity contribution in [2.45, 2.75) is 76.2 Å². The van der Waals surface area contributed by atoms with Crippen LogP contribution in [0.25, 0.3) is 0 Å². The Morgan fingerprint density at radius 2 is 2.06 bits per heavy atom. The number of fused-ring (bicyclic) bond motifs is 2. The van der Waals surface area contributed by atoms with Crippen LogP contribution in [0.15, 0.2) is 36.4 Å². The molecule has 6 heteroatoms. The number of rotatable bonds is 5. The average Bonchev–Trinajstić information content (AvgIpc) is 3.28. The Balaban J connectivity index is 1.46. The molecule has 5 rings (SSSR count). The van der Waals surface area contributed by atoms with Gasteiger partial charge in [0.25, 0.3) is 0 Å². The summed E-state index contributed by atoms with van der Waals surface area (Å²) in [5.74, 6) is 0.610. The van der Waals surface area contributed by atoms with Gasteiger partial charge in [-0.3, -0.25) is 4.79 Å². The van der Waals surface area contributed by atoms with Crippen molar-refractivity contribution in [3.63, 3.8) is 0 Å². The van der Waals surface area contributed by atoms with Gasteiger partial charge in [-0.05, 0) is 67.2 Å². The van der Waals surface area contributed by atoms with Gasteiger partial charge >= 0.3 is 0 Å². The minimum atomic E-state index is -0.219. The van der Waals surface area contributed by atoms with Crippen molar-refractivity contribution in [1.29, 1.82) is 0 Å². The minimum absolute atomic E-state index is 0.105. The smallest absolute Gasteiger partial charge is 0.228 e. The Labute approximate surface area is 213 Å². The Kier molecular flexibility index (Phi) is 7.18. The molecule has 2 unspecified atom stereocenters. The summed E-state index contributed by atoms with van der Waals surface area (Å²) in [5.41, 5.74) is 2.85. The van der Waals surface area contributed by atoms with E-state index in [4.69, 9.17) is 11.6 Å². The zero-order valence-electron chi connectivity index (χ0n) is 20.9. The summed E-state index contributed by atoms with van der Waals surface area (Å²) in [6.07, 6.45) is 6.63. The Hall–Kier alpha value is -1.98. The van der Waals surface area contributed by atoms with Crippen molar-refractivity contribution in [3.8, 4) is 0 Å². The molecule has 1 aliphatic carbocycles. The first-order chi connectivity index (χ1) is 17.0. The van der Waals surface area contributed by atoms with Gasteiger partial charge in [-0.2, -0.15) is 0 Å². The standard InChI is InChI=1S/C29H37ClFN3O/c1-3-19(4-2)26-16-20(21-8-5-6-9-24(21)31)13-15-34(26)28(35)23-17-32-18-29(23)14-7-10-25-22(29)11-12-27(30)33-25/h5-6,8-9,11-12,19-20,23,26,32H,3-4,7,10,13-18H2,1-2H3/t20?,23-,26?,29-/m0/s1. The third kappa shape index (κ3) is 4.40. The molecule has 1 amide bonds. The Morgan fingerprint density at radius 3 is 2.83 bits per heavy atom. The number of benzene rings is 1. The van der Waals surface area contributed by atoms with Crippen LogP contribution in [0.5, 0.6) is 0 Å². The molecule has 3 heterocycles. The molecule has 2 fully saturated rings. The van der Waals surface area contributed by atoms with E-state index < -0.39 is 0 Å². The summed E-state index contributed by atoms with van der Waals surface area (Å²) >= 11 is 6.23. The molecule has 1 aromatic heterocycles. The van der Waals surface area contributed by atoms with Gasteiger partial charge in [0.15, 0.2) is 0 Å². The van der Waals surface area contributed by atoms with Gasteiger partial charge in [0.05, 0.1) is 5.92 Å². The number of aryl methyl sites for hydroxylation is 1. The zero-order chi connectivity index (χ0) is 24.6. The van der Waals surface area contributed by atoms with Crippen LogP contribution in [0.1, 0.15) is 75.1 Å². The number of hydrogen-bond acceptors (Lipinski definition) is 3. The maximum Gasteiger partial charge on any atom is 0.228 e. The number of carbonyl (C=O) groups excluding carboxylic acids is 1. The summed E-state index contributed by atoms with van der Waals surface area (Å²) in [5, 5.41) is 4.09. The highest BCUT2D eigenvalue weighted by Crippen LogP contribution is 2.47. The minimum Gasteiger partial charge on any atom is -0.339 e. The van der Waals surface area contributed by atoms with Gasteiger partial charge in [-0.25, -0.2) is 9.37 Å². The Morgan fingerprint density at radius 1 is 1.26 bits per heavy atom. The molecule has 2 aliphatic heterocycles. The van der Waals surface area contributed by atoms with E-state index in [1.165, 1.54) is 5.56 Å². The normalized spacial score (nSPS) is 28.5. The summed E-state index contributed by atoms with van der Waals surface area (Å²) in [4.78, 5) is 21.2. The number of likely N-dealkylation sites (tertiary alicyclic amines) is 1. The first-order valence-corrected chi connectivity index (χ1v) is 13.8. The number of aromatic nitrogens is 1. The van der Waals surface area contributed by atoms with Crippen LogP contribution in [0.2, 0.25) is 5.15 Å². The molecule has 1 aromatic carbocycles. The van der Waals surface area contributed by atoms with Gasteiger partial charge in [-0.1, -0.05) is 62.6 Å². The van der Waals surface area contributed by atoms with E-state index in [9.17, 15) is 9.18 Å². The second kappa shape index (κ2) is 10.2. The second-order valence-electron chi connectivity index (χ2n) is 10.7. The van der Waals surface area contributed by atoms with E-state index in [0.717, 1.165) is 62.7 Å². The summed E-state index contributed by atoms with van der Waals surface area (Å²) in [7, 11) is 0. The maximum absolute atomic E-state index is 14.7. The van der Waals surface area contributed by atoms with E-state index in [2.05, 4.69) is 35.1 Å². The molecular formula is C29H37ClFN3O. The van der Waals surface area contributed by atoms with Crippen LogP contribution in [0.4, 0.5) is 4.39 Å². The lowest BCUT2D eigenvalue weighted by atomic mass is 9.65. The van der Waals surface area contributed by atoms with Gasteiger partial charge in [0.1, 0.15) is 11.0 Å². The van der Waals surface area contributed by atoms with Crippen LogP contribution in [-0.4, -0.2) is 41.5 Å². The molecule has 188 valence electrons. The molecule has 1 spiro atoms. The summed E-state index contributed by atoms with van der Waals surface area (Å²) in [6, 6.07) is 11.3. The molecule has 3 aliphatic rings. The first kappa shape index (κ1) is 24.7. The van der Waals surface area contributed by atoms with Crippen molar-refractivity contribution >= 4 is 17.5 Å². The number of carbonyl (C=O) groups is 1. The number of halogens is 2. The maximum atomic E-state index is 14.7. The quantitative estimate of drug-likeness (QED) is 0.525. The predicted octanol–water partition coefficient (Wildman–Crippen LogP) is 5.88. The molecule has 35 heavy (non-hydrogen) atoms. The summed E-state index contributed by atoms with van der Waals surface area (Å²) < 4.78 is 14.7. The van der Waals surface area contributed by atoms with Crippen molar-refractivity contribution < 1.29 is 9.18 Å². The van der Waals surface area contributed by atoms with Crippen molar-refractivity contribution in [3.05, 3.63) is 64.2 Å². The molecule has 2 aromatic rings. The molecular weight excluding hydrogens is 461 g/mol. The highest BCUT2D eigenvalue weighted by atomic mass is 35.5. The van der Waals surface area contributed by atoms with Crippen molar-refractivity contribution in [1.82, 2.24) is 15.2 Å². The van der Waals surface area contributed by atoms with E-state index in [1.807, 2.05) is 18.2 Å². The van der Waals surface area contributed by atoms with Gasteiger partial charge in [0, 0.05) is 36.8 Å². The van der Waals surface area contributed by atoms with Crippen LogP contribution >= 0.6 is 11.6 Å². The highest BCUT2D eigenvalue weighted by molar-refractivity contribution is 6.29. The van der Waals surface area contributed by atoms with Crippen molar-refractivity contribution in [2.75, 3.05) is 19.6 Å². The fourth-order valence-corrected chi connectivity index (χ4v) is 7.46. The van der Waals surface area contributed by atoms with Gasteiger partial charge in [0.2, 0.25) is 5.91 Å². The van der Waals surface area contributed by atoms with E-state index in [1.54, 1.807) is 12.1 Å². The number of nitrogens with one attached hydrogen (secondary N) is 1. The van der Waals surface area contributed by atoms with Gasteiger partial charge in [-0.15, -0.1) is 0 Å². The average molecular weight is 498 g/mol. The van der Waals surface area contributed by atoms with E-state index in [0.29, 0.717) is 24.2 Å². The van der Waals surface area contributed by atoms with E-state index in [-0.39, 0.29) is 35.0 Å². The molecule has 0 bridgehead atoms. The lowest BCUT2D eigenvalue weighted by molar-refractivity contribution is -0.142. The fourth-order valence-electron chi connectivity index (χ4n) is 7.29. The highest BCUT2D eigenvalue weighted by Gasteiger charge is 2.52. The number of piperidine rings is 1. The summed E-state index contributed by atoms with van der Waals surface area (Å²) in [6.45, 7) is 6.63. The third-order valence-electron chi connectivity index (χ3n) is 9.13. The molecule has 4 nitrogen and oxygen atoms in total. The molecule has 0 radical (unpaired) electrons. The van der Waals surface area contributed by atoms with Crippen LogP contribution in [0, 0.1) is 17.7 Å². The number of nitrogens with zero attached hydrogens (tertiary/aromatic N) is 2. The third-order valence-corrected chi connectivity index (χ3v) is 9.34. The lowest BCUT2D eigenvalue weighted by Crippen LogP contribution is -2.55. The van der Waals surface area contributed by atoms with Crippen LogP contribution < -0.4 is 5.32 Å². The lowest BCUT2D eigenvalue weighted by Gasteiger charge is -2.47. The molecule has 1 N–H and O–H groups in total. The van der Waals surface area contributed by atoms with Crippen molar-refractivity contribution in [2.24, 2.45) is 11.8 Å². The number of hydrogen-bond donors (Lipinski definition) is 1. The SMILES string of the molecule is CCC(CC)C1CC(c2ccccc2F)CCN1C(=O)[C@@H]1CNC[C@]12CCCc1nc(Cl)ccc12. The Bertz CT molecular complexity index is 1070. The number of amides is 1. The molecule has 2 saturated heterocycles. The van der Waals surface area contributed by atoms with Crippen LogP contribution in [-0.2, 0) is 16.6 Å². The number of pyridine rings is 1. The predicted molar refractivity (Wildman–Crippen MR) is 138 cm³/mol. The van der Waals surface area contributed by atoms with E-state index >= 15 is 0 Å². The first-order valence-electron chi connectivity index (χ1n) is 13.4.